The number of nitrogens with one attached hydrogen (secondary N) is 6. The highest BCUT2D eigenvalue weighted by Crippen LogP contribution is 2.22. The molecule has 3 atom stereocenters. The van der Waals surface area contributed by atoms with E-state index in [0.717, 1.165) is 19.3 Å². The Balaban J connectivity index is 0.00000238. The van der Waals surface area contributed by atoms with Gasteiger partial charge in [-0.15, -0.1) is 0 Å². The first-order chi connectivity index (χ1) is 39.2. The number of nitrogens with zero attached hydrogens (tertiary/aromatic N) is 1. The van der Waals surface area contributed by atoms with Gasteiger partial charge in [0.25, 0.3) is 0 Å². The van der Waals surface area contributed by atoms with E-state index in [9.17, 15) is 47.9 Å². The zero-order valence-electron chi connectivity index (χ0n) is 49.4. The maximum Gasteiger partial charge on any atom is 0.306 e. The van der Waals surface area contributed by atoms with Crippen molar-refractivity contribution in [3.63, 3.8) is 0 Å². The number of H-pyrrole nitrogens is 1. The number of amides is 5. The molecule has 1 rings (SSSR count). The van der Waals surface area contributed by atoms with Gasteiger partial charge in [-0.25, -0.2) is 4.98 Å². The Kier molecular flexibility index (Phi) is 46.1. The molecule has 0 saturated heterocycles. The van der Waals surface area contributed by atoms with Crippen LogP contribution in [0.4, 0.5) is 0 Å². The molecule has 0 unspecified atom stereocenters. The van der Waals surface area contributed by atoms with Crippen molar-refractivity contribution < 1.29 is 82.2 Å². The molecule has 0 aromatic carbocycles. The fourth-order valence-electron chi connectivity index (χ4n) is 7.99. The summed E-state index contributed by atoms with van der Waals surface area (Å²) in [7, 11) is 1.70. The predicted molar refractivity (Wildman–Crippen MR) is 305 cm³/mol. The molecule has 82 heavy (non-hydrogen) atoms. The second kappa shape index (κ2) is 49.7. The molecule has 470 valence electrons. The largest absolute Gasteiger partial charge is 0.481 e. The van der Waals surface area contributed by atoms with Gasteiger partial charge in [0.1, 0.15) is 19.0 Å². The number of hydrogen-bond acceptors (Lipinski definition) is 16. The first-order valence-corrected chi connectivity index (χ1v) is 29.3. The number of carbonyl (C=O) groups excluding carboxylic acids is 7. The zero-order valence-corrected chi connectivity index (χ0v) is 49.4. The molecule has 0 bridgehead atoms. The lowest BCUT2D eigenvalue weighted by atomic mass is 9.84. The number of aromatic nitrogens is 2. The first-order valence-electron chi connectivity index (χ1n) is 29.3. The van der Waals surface area contributed by atoms with Crippen LogP contribution in [0.25, 0.3) is 0 Å². The minimum Gasteiger partial charge on any atom is -0.481 e. The number of imidazole rings is 1. The van der Waals surface area contributed by atoms with Crippen molar-refractivity contribution in [2.24, 2.45) is 17.6 Å². The van der Waals surface area contributed by atoms with Crippen LogP contribution in [0.3, 0.4) is 0 Å². The molecule has 1 heterocycles. The van der Waals surface area contributed by atoms with Gasteiger partial charge in [-0.1, -0.05) is 90.4 Å². The van der Waals surface area contributed by atoms with E-state index in [2.05, 4.69) is 36.6 Å². The lowest BCUT2D eigenvalue weighted by molar-refractivity contribution is -0.142. The van der Waals surface area contributed by atoms with Crippen LogP contribution in [0.15, 0.2) is 12.5 Å². The van der Waals surface area contributed by atoms with E-state index < -0.39 is 53.0 Å². The Bertz CT molecular complexity index is 1960. The van der Waals surface area contributed by atoms with Gasteiger partial charge in [0, 0.05) is 83.0 Å². The monoisotopic (exact) mass is 1170 g/mol. The molecular formula is C57H100N8O17. The Morgan fingerprint density at radius 1 is 0.573 bits per heavy atom. The van der Waals surface area contributed by atoms with Crippen LogP contribution in [0.1, 0.15) is 181 Å². The molecule has 0 fully saturated rings. The molecule has 25 heteroatoms. The number of ether oxygens (including phenoxy) is 4. The van der Waals surface area contributed by atoms with Crippen molar-refractivity contribution >= 4 is 59.0 Å². The Morgan fingerprint density at radius 2 is 1.06 bits per heavy atom. The summed E-state index contributed by atoms with van der Waals surface area (Å²) in [5.41, 5.74) is 5.32. The van der Waals surface area contributed by atoms with Crippen molar-refractivity contribution in [2.75, 3.05) is 79.5 Å². The van der Waals surface area contributed by atoms with E-state index in [1.807, 2.05) is 0 Å². The summed E-state index contributed by atoms with van der Waals surface area (Å²) >= 11 is 0. The van der Waals surface area contributed by atoms with Gasteiger partial charge in [0.15, 0.2) is 5.78 Å². The van der Waals surface area contributed by atoms with Gasteiger partial charge >= 0.3 is 17.9 Å². The van der Waals surface area contributed by atoms with Gasteiger partial charge in [-0.3, -0.25) is 47.9 Å². The summed E-state index contributed by atoms with van der Waals surface area (Å²) in [6, 6.07) is -0.944. The lowest BCUT2D eigenvalue weighted by Gasteiger charge is -2.28. The Hall–Kier alpha value is -5.89. The molecule has 0 radical (unpaired) electrons. The maximum atomic E-state index is 13.3. The average Bonchev–Trinajstić information content (AvgIpc) is 4.03. The third kappa shape index (κ3) is 45.7. The number of carboxylic acid groups (broad SMARTS) is 3. The van der Waals surface area contributed by atoms with Crippen LogP contribution in [0.2, 0.25) is 0 Å². The summed E-state index contributed by atoms with van der Waals surface area (Å²) in [5.74, 6) is -6.21. The number of carboxylic acids is 3. The molecule has 0 aliphatic rings. The van der Waals surface area contributed by atoms with Crippen molar-refractivity contribution in [3.8, 4) is 0 Å². The van der Waals surface area contributed by atoms with Crippen LogP contribution in [0, 0.1) is 11.8 Å². The predicted octanol–water partition coefficient (Wildman–Crippen LogP) is 4.33. The number of ketones is 2. The lowest BCUT2D eigenvalue weighted by Crippen LogP contribution is -2.55. The van der Waals surface area contributed by atoms with Gasteiger partial charge in [-0.05, 0) is 46.0 Å². The van der Waals surface area contributed by atoms with Crippen LogP contribution in [-0.2, 0) is 73.3 Å². The molecule has 0 aliphatic carbocycles. The summed E-state index contributed by atoms with van der Waals surface area (Å²) < 4.78 is 21.2. The van der Waals surface area contributed by atoms with E-state index >= 15 is 0 Å². The first kappa shape index (κ1) is 76.1. The van der Waals surface area contributed by atoms with E-state index in [0.29, 0.717) is 31.4 Å². The molecular weight excluding hydrogens is 1070 g/mol. The third-order valence-corrected chi connectivity index (χ3v) is 13.1. The standard InChI is InChI=1S/C38H63N7O14.C19H37NO3/c1-26(37(54)55)7-9-32(48)42-12-14-56-16-19-59-24-34(50)43-13-15-57-17-18-58-23-33(49)41-11-5-4-6-27(30(46)8-10-35(51)52)20-31(47)38(2,3)45-36(53)29(39)21-28-22-40-25-44-28;1-20-18(21)16-14-12-10-8-6-4-2-3-5-7-9-11-13-15-17-19(22)23/h22,25-27,29H,4-21,23-24,39H2,1-3H3,(H,40,44)(H,41,49)(H,42,48)(H,43,50)(H,45,53)(H,51,52)(H,54,55);2-17H2,1H3,(H,20,21)(H,22,23)/t26-,27+,29-;/m0./s1. The summed E-state index contributed by atoms with van der Waals surface area (Å²) in [4.78, 5) is 125. The second-order valence-corrected chi connectivity index (χ2v) is 20.9. The normalized spacial score (nSPS) is 12.2. The molecule has 1 aromatic heterocycles. The highest BCUT2D eigenvalue weighted by atomic mass is 16.5. The highest BCUT2D eigenvalue weighted by molar-refractivity contribution is 5.96. The average molecular weight is 1170 g/mol. The molecule has 0 spiro atoms. The maximum absolute atomic E-state index is 13.3. The van der Waals surface area contributed by atoms with Crippen LogP contribution < -0.4 is 32.3 Å². The Morgan fingerprint density at radius 3 is 1.55 bits per heavy atom. The topological polar surface area (TPSA) is 383 Å². The summed E-state index contributed by atoms with van der Waals surface area (Å²) in [6.07, 6.45) is 22.0. The smallest absolute Gasteiger partial charge is 0.306 e. The van der Waals surface area contributed by atoms with Crippen molar-refractivity contribution in [1.29, 1.82) is 0 Å². The number of rotatable bonds is 53. The zero-order chi connectivity index (χ0) is 61.2. The van der Waals surface area contributed by atoms with Crippen molar-refractivity contribution in [3.05, 3.63) is 18.2 Å². The van der Waals surface area contributed by atoms with Crippen molar-refractivity contribution in [2.45, 2.75) is 193 Å². The third-order valence-electron chi connectivity index (χ3n) is 13.1. The minimum atomic E-state index is -1.34. The molecule has 0 saturated carbocycles. The van der Waals surface area contributed by atoms with Crippen LogP contribution in [-0.4, -0.2) is 175 Å². The molecule has 11 N–H and O–H groups in total. The van der Waals surface area contributed by atoms with Crippen LogP contribution in [0.5, 0.6) is 0 Å². The number of carbonyl (C=O) groups is 10. The minimum absolute atomic E-state index is 0.119. The van der Waals surface area contributed by atoms with E-state index in [4.69, 9.17) is 40.0 Å². The van der Waals surface area contributed by atoms with Gasteiger partial charge in [0.2, 0.25) is 29.5 Å². The van der Waals surface area contributed by atoms with Crippen molar-refractivity contribution in [1.82, 2.24) is 36.6 Å². The quantitative estimate of drug-likeness (QED) is 0.0406. The Labute approximate surface area is 484 Å². The number of nitrogens with two attached hydrogens (primary N) is 1. The van der Waals surface area contributed by atoms with Crippen LogP contribution >= 0.6 is 0 Å². The fraction of sp³-hybridized carbons (Fsp3) is 0.772. The number of Topliss-reactive ketones (excluding diaryl/α,β-unsaturated/α-hetero) is 2. The van der Waals surface area contributed by atoms with Gasteiger partial charge < -0.3 is 71.6 Å². The van der Waals surface area contributed by atoms with E-state index in [1.165, 1.54) is 97.0 Å². The molecule has 25 nitrogen and oxygen atoms in total. The summed E-state index contributed by atoms with van der Waals surface area (Å²) in [6.45, 7) is 6.17. The highest BCUT2D eigenvalue weighted by Gasteiger charge is 2.34. The molecule has 5 amide bonds. The number of aromatic amines is 1. The van der Waals surface area contributed by atoms with Gasteiger partial charge in [0.05, 0.1) is 69.9 Å². The number of hydrogen-bond donors (Lipinski definition) is 10. The molecule has 0 aliphatic heterocycles. The molecule has 1 aromatic rings. The SMILES string of the molecule is CNC(=O)CCCCCCCCCCCCCCCCC(=O)O.C[C@@H](CCC(=O)NCCOCCOCC(=O)NCCOCCOCC(=O)NCCCC[C@H](CC(=O)C(C)(C)NC(=O)[C@@H](N)Cc1cnc[nH]1)C(=O)CCC(=O)O)C(=O)O. The number of unbranched alkanes of at least 4 members (excludes halogenated alkanes) is 14. The number of aliphatic carboxylic acids is 3. The summed E-state index contributed by atoms with van der Waals surface area (Å²) in [5, 5.41) is 39.7. The van der Waals surface area contributed by atoms with Gasteiger partial charge in [-0.2, -0.15) is 0 Å². The second-order valence-electron chi connectivity index (χ2n) is 20.9. The fourth-order valence-corrected chi connectivity index (χ4v) is 7.99. The van der Waals surface area contributed by atoms with E-state index in [1.54, 1.807) is 14.0 Å². The van der Waals surface area contributed by atoms with E-state index in [-0.39, 0.29) is 147 Å².